The van der Waals surface area contributed by atoms with E-state index in [4.69, 9.17) is 0 Å². The van der Waals surface area contributed by atoms with Gasteiger partial charge in [-0.2, -0.15) is 0 Å². The number of nitrogens with one attached hydrogen (secondary N) is 2. The Morgan fingerprint density at radius 1 is 1.31 bits per heavy atom. The molecule has 0 saturated heterocycles. The van der Waals surface area contributed by atoms with Crippen LogP contribution in [0, 0.1) is 5.92 Å². The molecule has 8 heteroatoms. The van der Waals surface area contributed by atoms with Gasteiger partial charge in [-0.15, -0.1) is 0 Å². The van der Waals surface area contributed by atoms with Gasteiger partial charge in [-0.05, 0) is 42.7 Å². The summed E-state index contributed by atoms with van der Waals surface area (Å²) in [5.74, 6) is -2.26. The molecule has 0 aliphatic heterocycles. The molecule has 2 bridgehead atoms. The van der Waals surface area contributed by atoms with E-state index in [-0.39, 0.29) is 17.7 Å². The van der Waals surface area contributed by atoms with E-state index in [1.807, 2.05) is 0 Å². The number of amides is 2. The van der Waals surface area contributed by atoms with Gasteiger partial charge < -0.3 is 10.6 Å². The van der Waals surface area contributed by atoms with Crippen molar-refractivity contribution in [1.29, 1.82) is 0 Å². The summed E-state index contributed by atoms with van der Waals surface area (Å²) in [6, 6.07) is 2.92. The number of pyridine rings is 1. The number of carbonyl (C=O) groups is 2. The van der Waals surface area contributed by atoms with Crippen LogP contribution in [-0.4, -0.2) is 34.2 Å². The Morgan fingerprint density at radius 3 is 2.76 bits per heavy atom. The number of allylic oxidation sites excluding steroid dienone is 3. The van der Waals surface area contributed by atoms with Crippen LogP contribution in [0.25, 0.3) is 0 Å². The average molecular weight is 405 g/mol. The molecule has 3 fully saturated rings. The van der Waals surface area contributed by atoms with E-state index < -0.39 is 40.9 Å². The van der Waals surface area contributed by atoms with Crippen molar-refractivity contribution in [3.63, 3.8) is 0 Å². The Labute approximate surface area is 166 Å². The predicted molar refractivity (Wildman–Crippen MR) is 101 cm³/mol. The first kappa shape index (κ1) is 19.7. The molecule has 2 N–H and O–H groups in total. The Morgan fingerprint density at radius 2 is 2.07 bits per heavy atom. The number of nitrogens with zero attached hydrogens (tertiary/aromatic N) is 1. The summed E-state index contributed by atoms with van der Waals surface area (Å²) >= 11 is 0. The summed E-state index contributed by atoms with van der Waals surface area (Å²) in [5.41, 5.74) is -1.12. The fourth-order valence-corrected chi connectivity index (χ4v) is 4.55. The van der Waals surface area contributed by atoms with Gasteiger partial charge in [0.1, 0.15) is 23.4 Å². The van der Waals surface area contributed by atoms with Crippen molar-refractivity contribution >= 4 is 17.5 Å². The van der Waals surface area contributed by atoms with Crippen LogP contribution in [0.1, 0.15) is 49.5 Å². The highest BCUT2D eigenvalue weighted by Crippen LogP contribution is 2.57. The lowest BCUT2D eigenvalue weighted by atomic mass is 9.75. The van der Waals surface area contributed by atoms with Crippen molar-refractivity contribution in [2.45, 2.75) is 56.4 Å². The number of aromatic nitrogens is 1. The fourth-order valence-electron chi connectivity index (χ4n) is 4.55. The summed E-state index contributed by atoms with van der Waals surface area (Å²) in [6.45, 7) is 1.53. The second-order valence-corrected chi connectivity index (χ2v) is 8.36. The summed E-state index contributed by atoms with van der Waals surface area (Å²) in [5, 5.41) is 5.46. The quantitative estimate of drug-likeness (QED) is 0.780. The number of alkyl halides is 2. The maximum Gasteiger partial charge on any atom is 0.270 e. The highest BCUT2D eigenvalue weighted by atomic mass is 19.1. The van der Waals surface area contributed by atoms with Gasteiger partial charge in [-0.1, -0.05) is 6.92 Å². The molecule has 5 nitrogen and oxygen atoms in total. The molecule has 1 heterocycles. The highest BCUT2D eigenvalue weighted by Gasteiger charge is 2.62. The number of carbonyl (C=O) groups excluding carboxylic acids is 2. The van der Waals surface area contributed by atoms with Crippen LogP contribution in [0.4, 0.5) is 18.9 Å². The van der Waals surface area contributed by atoms with E-state index in [9.17, 15) is 22.8 Å². The fraction of sp³-hybridized carbons (Fsp3) is 0.476. The molecule has 1 aromatic rings. The zero-order chi connectivity index (χ0) is 20.8. The summed E-state index contributed by atoms with van der Waals surface area (Å²) in [7, 11) is 0. The van der Waals surface area contributed by atoms with E-state index in [1.165, 1.54) is 25.3 Å². The first-order chi connectivity index (χ1) is 13.7. The van der Waals surface area contributed by atoms with Crippen LogP contribution in [-0.2, 0) is 4.79 Å². The lowest BCUT2D eigenvalue weighted by molar-refractivity contribution is -0.115. The summed E-state index contributed by atoms with van der Waals surface area (Å²) in [4.78, 5) is 28.8. The van der Waals surface area contributed by atoms with Gasteiger partial charge in [0.25, 0.3) is 5.91 Å². The lowest BCUT2D eigenvalue weighted by Crippen LogP contribution is -2.57. The third-order valence-corrected chi connectivity index (χ3v) is 6.13. The van der Waals surface area contributed by atoms with Crippen molar-refractivity contribution in [2.24, 2.45) is 5.92 Å². The van der Waals surface area contributed by atoms with Crippen LogP contribution in [0.2, 0.25) is 0 Å². The zero-order valence-electron chi connectivity index (χ0n) is 16.0. The molecule has 4 aliphatic rings. The monoisotopic (exact) mass is 405 g/mol. The van der Waals surface area contributed by atoms with Gasteiger partial charge in [0.15, 0.2) is 0 Å². The molecule has 0 spiro atoms. The van der Waals surface area contributed by atoms with Crippen molar-refractivity contribution in [1.82, 2.24) is 10.3 Å². The first-order valence-corrected chi connectivity index (χ1v) is 9.67. The number of fused-ring (bicyclic) bond motifs is 1. The largest absolute Gasteiger partial charge is 0.345 e. The molecular weight excluding hydrogens is 383 g/mol. The van der Waals surface area contributed by atoms with Crippen molar-refractivity contribution in [2.75, 3.05) is 5.32 Å². The predicted octanol–water partition coefficient (Wildman–Crippen LogP) is 3.94. The van der Waals surface area contributed by atoms with Gasteiger partial charge >= 0.3 is 0 Å². The van der Waals surface area contributed by atoms with Gasteiger partial charge in [0.05, 0.1) is 6.42 Å². The molecule has 1 aromatic heterocycles. The van der Waals surface area contributed by atoms with Crippen LogP contribution in [0.5, 0.6) is 0 Å². The second-order valence-electron chi connectivity index (χ2n) is 8.36. The Balaban J connectivity index is 1.39. The molecule has 0 aromatic carbocycles. The lowest BCUT2D eigenvalue weighted by Gasteiger charge is -2.42. The summed E-state index contributed by atoms with van der Waals surface area (Å²) < 4.78 is 41.7. The van der Waals surface area contributed by atoms with E-state index in [0.29, 0.717) is 31.4 Å². The van der Waals surface area contributed by atoms with Crippen LogP contribution < -0.4 is 10.6 Å². The van der Waals surface area contributed by atoms with Gasteiger partial charge in [0, 0.05) is 36.2 Å². The maximum atomic E-state index is 14.0. The van der Waals surface area contributed by atoms with Crippen molar-refractivity contribution < 1.29 is 22.8 Å². The Kier molecular flexibility index (Phi) is 4.75. The van der Waals surface area contributed by atoms with Gasteiger partial charge in [0.2, 0.25) is 5.91 Å². The zero-order valence-corrected chi connectivity index (χ0v) is 16.0. The molecule has 29 heavy (non-hydrogen) atoms. The third kappa shape index (κ3) is 3.80. The second kappa shape index (κ2) is 7.00. The van der Waals surface area contributed by atoms with E-state index >= 15 is 0 Å². The topological polar surface area (TPSA) is 71.1 Å². The van der Waals surface area contributed by atoms with E-state index in [0.717, 1.165) is 12.2 Å². The standard InChI is InChI=1S/C21H22F3N3O2/c1-12-14(16(23)3-2-15(12)22)9-18(28)26-13-4-7-25-17(8-13)19(29)27-21-6-5-20(24,10-21)11-21/h2-4,7-8,12,15H,5-6,9-11H2,1H3,(H,27,29)(H,25,26,28). The van der Waals surface area contributed by atoms with Crippen molar-refractivity contribution in [3.05, 3.63) is 47.6 Å². The minimum absolute atomic E-state index is 0.101. The highest BCUT2D eigenvalue weighted by molar-refractivity contribution is 5.96. The van der Waals surface area contributed by atoms with Gasteiger partial charge in [-0.3, -0.25) is 14.6 Å². The Hall–Kier alpha value is -2.64. The number of hydrogen-bond acceptors (Lipinski definition) is 3. The smallest absolute Gasteiger partial charge is 0.270 e. The third-order valence-electron chi connectivity index (χ3n) is 6.13. The molecule has 2 amide bonds. The molecule has 0 radical (unpaired) electrons. The minimum atomic E-state index is -1.34. The van der Waals surface area contributed by atoms with Crippen LogP contribution in [0.15, 0.2) is 41.9 Å². The van der Waals surface area contributed by atoms with Crippen LogP contribution >= 0.6 is 0 Å². The molecule has 5 rings (SSSR count). The molecule has 2 unspecified atom stereocenters. The van der Waals surface area contributed by atoms with E-state index in [1.54, 1.807) is 0 Å². The van der Waals surface area contributed by atoms with E-state index in [2.05, 4.69) is 15.6 Å². The van der Waals surface area contributed by atoms with Gasteiger partial charge in [-0.25, -0.2) is 13.2 Å². The number of anilines is 1. The molecule has 2 atom stereocenters. The molecule has 4 aliphatic carbocycles. The summed E-state index contributed by atoms with van der Waals surface area (Å²) in [6.07, 6.45) is 3.63. The van der Waals surface area contributed by atoms with Crippen LogP contribution in [0.3, 0.4) is 0 Å². The SMILES string of the molecule is CC1C(CC(=O)Nc2ccnc(C(=O)NC34CCC(F)(C3)C4)c2)=C(F)C=CC1F. The first-order valence-electron chi connectivity index (χ1n) is 9.67. The molecular formula is C21H22F3N3O2. The molecule has 3 saturated carbocycles. The number of rotatable bonds is 5. The normalized spacial score (nSPS) is 32.7. The Bertz CT molecular complexity index is 922. The average Bonchev–Trinajstić information content (AvgIpc) is 3.15. The number of hydrogen-bond donors (Lipinski definition) is 2. The molecule has 154 valence electrons. The minimum Gasteiger partial charge on any atom is -0.345 e. The maximum absolute atomic E-state index is 14.0. The number of halogens is 3. The van der Waals surface area contributed by atoms with Crippen molar-refractivity contribution in [3.8, 4) is 0 Å².